The van der Waals surface area contributed by atoms with Crippen molar-refractivity contribution in [1.29, 1.82) is 0 Å². The van der Waals surface area contributed by atoms with E-state index in [0.717, 1.165) is 6.07 Å². The van der Waals surface area contributed by atoms with Crippen molar-refractivity contribution in [2.75, 3.05) is 0 Å². The van der Waals surface area contributed by atoms with E-state index in [4.69, 9.17) is 0 Å². The van der Waals surface area contributed by atoms with E-state index >= 15 is 0 Å². The van der Waals surface area contributed by atoms with Crippen LogP contribution in [0.5, 0.6) is 0 Å². The number of halogens is 2. The molecule has 0 bridgehead atoms. The summed E-state index contributed by atoms with van der Waals surface area (Å²) in [7, 11) is 0. The summed E-state index contributed by atoms with van der Waals surface area (Å²) < 4.78 is 15.4. The third kappa shape index (κ3) is 3.11. The van der Waals surface area contributed by atoms with Gasteiger partial charge in [-0.25, -0.2) is 4.39 Å². The molecule has 0 amide bonds. The van der Waals surface area contributed by atoms with Crippen LogP contribution in [0.2, 0.25) is 0 Å². The molecule has 0 aliphatic heterocycles. The van der Waals surface area contributed by atoms with Crippen molar-refractivity contribution >= 4 is 21.6 Å². The minimum absolute atomic E-state index is 0.0672. The number of aromatic nitrogens is 1. The lowest BCUT2D eigenvalue weighted by Crippen LogP contribution is -2.22. The standard InChI is InChI=1S/C13H10BrFN2O3/c1-8-2-10(14)7-16(13(8)18)6-9-3-11(15)5-12(4-9)17(19)20/h2-5,7H,6H2,1H3. The highest BCUT2D eigenvalue weighted by molar-refractivity contribution is 9.10. The molecule has 0 unspecified atom stereocenters. The Bertz CT molecular complexity index is 743. The second kappa shape index (κ2) is 5.54. The van der Waals surface area contributed by atoms with Crippen LogP contribution in [-0.4, -0.2) is 9.49 Å². The topological polar surface area (TPSA) is 65.1 Å². The summed E-state index contributed by atoms with van der Waals surface area (Å²) in [6.07, 6.45) is 1.56. The minimum Gasteiger partial charge on any atom is -0.310 e. The zero-order valence-electron chi connectivity index (χ0n) is 10.5. The van der Waals surface area contributed by atoms with Crippen LogP contribution in [0.3, 0.4) is 0 Å². The summed E-state index contributed by atoms with van der Waals surface area (Å²) in [4.78, 5) is 22.0. The number of nitro benzene ring substituents is 1. The van der Waals surface area contributed by atoms with Crippen LogP contribution in [-0.2, 0) is 6.54 Å². The summed E-state index contributed by atoms with van der Waals surface area (Å²) in [5, 5.41) is 10.7. The molecule has 0 spiro atoms. The van der Waals surface area contributed by atoms with Gasteiger partial charge in [-0.15, -0.1) is 0 Å². The number of hydrogen-bond acceptors (Lipinski definition) is 3. The Morgan fingerprint density at radius 2 is 2.05 bits per heavy atom. The molecule has 104 valence electrons. The van der Waals surface area contributed by atoms with E-state index in [1.165, 1.54) is 16.7 Å². The molecular formula is C13H10BrFN2O3. The zero-order valence-corrected chi connectivity index (χ0v) is 12.1. The van der Waals surface area contributed by atoms with E-state index in [9.17, 15) is 19.3 Å². The lowest BCUT2D eigenvalue weighted by atomic mass is 10.2. The van der Waals surface area contributed by atoms with Gasteiger partial charge in [0.25, 0.3) is 11.2 Å². The van der Waals surface area contributed by atoms with Crippen molar-refractivity contribution in [3.63, 3.8) is 0 Å². The number of aryl methyl sites for hydroxylation is 1. The molecule has 0 saturated heterocycles. The number of non-ortho nitro benzene ring substituents is 1. The first-order valence-electron chi connectivity index (χ1n) is 5.67. The van der Waals surface area contributed by atoms with Crippen molar-refractivity contribution in [3.05, 3.63) is 72.3 Å². The predicted molar refractivity (Wildman–Crippen MR) is 75.3 cm³/mol. The van der Waals surface area contributed by atoms with Crippen molar-refractivity contribution in [2.45, 2.75) is 13.5 Å². The van der Waals surface area contributed by atoms with Crippen LogP contribution in [0.4, 0.5) is 10.1 Å². The fourth-order valence-electron chi connectivity index (χ4n) is 1.88. The molecular weight excluding hydrogens is 331 g/mol. The van der Waals surface area contributed by atoms with Crippen LogP contribution in [0.15, 0.2) is 39.7 Å². The molecule has 1 aromatic heterocycles. The van der Waals surface area contributed by atoms with Gasteiger partial charge in [0, 0.05) is 22.3 Å². The summed E-state index contributed by atoms with van der Waals surface area (Å²) in [6.45, 7) is 1.73. The number of nitro groups is 1. The Morgan fingerprint density at radius 3 is 2.70 bits per heavy atom. The third-order valence-electron chi connectivity index (χ3n) is 2.74. The maximum absolute atomic E-state index is 13.3. The minimum atomic E-state index is -0.700. The van der Waals surface area contributed by atoms with Crippen molar-refractivity contribution in [3.8, 4) is 0 Å². The molecule has 1 aromatic carbocycles. The van der Waals surface area contributed by atoms with E-state index in [1.54, 1.807) is 19.2 Å². The highest BCUT2D eigenvalue weighted by Crippen LogP contribution is 2.17. The second-order valence-electron chi connectivity index (χ2n) is 4.35. The average Bonchev–Trinajstić information content (AvgIpc) is 2.34. The van der Waals surface area contributed by atoms with Gasteiger partial charge >= 0.3 is 0 Å². The lowest BCUT2D eigenvalue weighted by molar-refractivity contribution is -0.385. The Morgan fingerprint density at radius 1 is 1.35 bits per heavy atom. The first kappa shape index (κ1) is 14.4. The summed E-state index contributed by atoms with van der Waals surface area (Å²) >= 11 is 3.27. The normalized spacial score (nSPS) is 10.6. The Kier molecular flexibility index (Phi) is 3.99. The lowest BCUT2D eigenvalue weighted by Gasteiger charge is -2.08. The number of hydrogen-bond donors (Lipinski definition) is 0. The van der Waals surface area contributed by atoms with Crippen LogP contribution in [0.1, 0.15) is 11.1 Å². The summed E-state index contributed by atoms with van der Waals surface area (Å²) in [6, 6.07) is 4.95. The van der Waals surface area contributed by atoms with Crippen LogP contribution >= 0.6 is 15.9 Å². The van der Waals surface area contributed by atoms with Crippen LogP contribution in [0.25, 0.3) is 0 Å². The van der Waals surface area contributed by atoms with Crippen molar-refractivity contribution < 1.29 is 9.31 Å². The number of benzene rings is 1. The number of nitrogens with zero attached hydrogens (tertiary/aromatic N) is 2. The van der Waals surface area contributed by atoms with Gasteiger partial charge in [-0.05, 0) is 40.5 Å². The van der Waals surface area contributed by atoms with E-state index in [0.29, 0.717) is 15.6 Å². The quantitative estimate of drug-likeness (QED) is 0.637. The predicted octanol–water partition coefficient (Wildman–Crippen LogP) is 3.01. The Balaban J connectivity index is 2.45. The molecule has 5 nitrogen and oxygen atoms in total. The molecule has 0 atom stereocenters. The van der Waals surface area contributed by atoms with Crippen molar-refractivity contribution in [2.24, 2.45) is 0 Å². The first-order chi connectivity index (χ1) is 9.36. The molecule has 7 heteroatoms. The molecule has 0 radical (unpaired) electrons. The van der Waals surface area contributed by atoms with Gasteiger partial charge in [0.15, 0.2) is 0 Å². The van der Waals surface area contributed by atoms with Gasteiger partial charge in [0.05, 0.1) is 17.5 Å². The van der Waals surface area contributed by atoms with Crippen molar-refractivity contribution in [1.82, 2.24) is 4.57 Å². The van der Waals surface area contributed by atoms with Crippen LogP contribution in [0, 0.1) is 22.9 Å². The van der Waals surface area contributed by atoms with E-state index in [2.05, 4.69) is 15.9 Å². The average molecular weight is 341 g/mol. The molecule has 0 saturated carbocycles. The van der Waals surface area contributed by atoms with Gasteiger partial charge in [-0.1, -0.05) is 0 Å². The maximum atomic E-state index is 13.3. The molecule has 20 heavy (non-hydrogen) atoms. The summed E-state index contributed by atoms with van der Waals surface area (Å²) in [5.74, 6) is -0.700. The highest BCUT2D eigenvalue weighted by atomic mass is 79.9. The van der Waals surface area contributed by atoms with E-state index in [-0.39, 0.29) is 17.8 Å². The molecule has 0 aliphatic rings. The molecule has 2 rings (SSSR count). The molecule has 0 fully saturated rings. The molecule has 0 N–H and O–H groups in total. The first-order valence-corrected chi connectivity index (χ1v) is 6.46. The van der Waals surface area contributed by atoms with Gasteiger partial charge in [-0.3, -0.25) is 14.9 Å². The van der Waals surface area contributed by atoms with E-state index < -0.39 is 10.7 Å². The van der Waals surface area contributed by atoms with E-state index in [1.807, 2.05) is 0 Å². The SMILES string of the molecule is Cc1cc(Br)cn(Cc2cc(F)cc([N+](=O)[O-])c2)c1=O. The Hall–Kier alpha value is -2.02. The van der Waals surface area contributed by atoms with Crippen LogP contribution < -0.4 is 5.56 Å². The van der Waals surface area contributed by atoms with Gasteiger partial charge in [0.2, 0.25) is 0 Å². The molecule has 2 aromatic rings. The zero-order chi connectivity index (χ0) is 14.9. The third-order valence-corrected chi connectivity index (χ3v) is 3.17. The fraction of sp³-hybridized carbons (Fsp3) is 0.154. The number of pyridine rings is 1. The highest BCUT2D eigenvalue weighted by Gasteiger charge is 2.11. The summed E-state index contributed by atoms with van der Waals surface area (Å²) in [5.41, 5.74) is 0.335. The maximum Gasteiger partial charge on any atom is 0.272 e. The number of rotatable bonds is 3. The molecule has 1 heterocycles. The van der Waals surface area contributed by atoms with Gasteiger partial charge in [-0.2, -0.15) is 0 Å². The van der Waals surface area contributed by atoms with Gasteiger partial charge in [0.1, 0.15) is 5.82 Å². The molecule has 0 aliphatic carbocycles. The second-order valence-corrected chi connectivity index (χ2v) is 5.26. The van der Waals surface area contributed by atoms with Gasteiger partial charge < -0.3 is 4.57 Å². The largest absolute Gasteiger partial charge is 0.310 e. The monoisotopic (exact) mass is 340 g/mol. The smallest absolute Gasteiger partial charge is 0.272 e. The Labute approximate surface area is 121 Å². The fourth-order valence-corrected chi connectivity index (χ4v) is 2.47.